The Morgan fingerprint density at radius 2 is 1.97 bits per heavy atom. The van der Waals surface area contributed by atoms with Crippen molar-refractivity contribution in [3.63, 3.8) is 0 Å². The fourth-order valence-electron chi connectivity index (χ4n) is 5.41. The minimum absolute atomic E-state index is 0.137. The molecule has 36 heavy (non-hydrogen) atoms. The van der Waals surface area contributed by atoms with E-state index in [0.717, 1.165) is 50.2 Å². The summed E-state index contributed by atoms with van der Waals surface area (Å²) in [5.74, 6) is -1.30. The van der Waals surface area contributed by atoms with Crippen LogP contribution in [0.15, 0.2) is 23.5 Å². The number of aliphatic hydroxyl groups excluding tert-OH is 1. The summed E-state index contributed by atoms with van der Waals surface area (Å²) in [5.41, 5.74) is 1.62. The van der Waals surface area contributed by atoms with E-state index in [1.54, 1.807) is 18.0 Å². The predicted molar refractivity (Wildman–Crippen MR) is 128 cm³/mol. The summed E-state index contributed by atoms with van der Waals surface area (Å²) in [6.45, 7) is 1.81. The molecule has 2 N–H and O–H groups in total. The van der Waals surface area contributed by atoms with Gasteiger partial charge in [0, 0.05) is 37.9 Å². The Morgan fingerprint density at radius 3 is 2.67 bits per heavy atom. The lowest BCUT2D eigenvalue weighted by molar-refractivity contribution is -0.173. The number of rotatable bonds is 7. The van der Waals surface area contributed by atoms with Gasteiger partial charge >= 0.3 is 0 Å². The fourth-order valence-corrected chi connectivity index (χ4v) is 5.52. The topological polar surface area (TPSA) is 103 Å². The van der Waals surface area contributed by atoms with E-state index in [9.17, 15) is 13.9 Å². The first kappa shape index (κ1) is 25.5. The SMILES string of the molecule is CO[C@H]1[C@@H](C[C@H]2CC(C3CCNCC3)=NO2)O[C@@H](CO)C[C@@H]1n1cc(-c2cc(F)c(Cl)c(F)c2)nn1. The van der Waals surface area contributed by atoms with Gasteiger partial charge < -0.3 is 24.7 Å². The van der Waals surface area contributed by atoms with Crippen LogP contribution in [0.25, 0.3) is 11.3 Å². The van der Waals surface area contributed by atoms with Gasteiger partial charge in [-0.2, -0.15) is 0 Å². The Kier molecular flexibility index (Phi) is 7.82. The molecule has 0 amide bonds. The summed E-state index contributed by atoms with van der Waals surface area (Å²) < 4.78 is 41.6. The molecular formula is C24H30ClF2N5O4. The number of benzene rings is 1. The highest BCUT2D eigenvalue weighted by Gasteiger charge is 2.43. The van der Waals surface area contributed by atoms with Gasteiger partial charge in [-0.15, -0.1) is 5.10 Å². The number of nitrogens with zero attached hydrogens (tertiary/aromatic N) is 4. The van der Waals surface area contributed by atoms with Crippen molar-refractivity contribution in [2.45, 2.75) is 62.6 Å². The minimum Gasteiger partial charge on any atom is -0.394 e. The number of methoxy groups -OCH3 is 1. The zero-order chi connectivity index (χ0) is 25.2. The summed E-state index contributed by atoms with van der Waals surface area (Å²) in [4.78, 5) is 5.77. The highest BCUT2D eigenvalue weighted by molar-refractivity contribution is 6.31. The van der Waals surface area contributed by atoms with Gasteiger partial charge in [-0.25, -0.2) is 13.5 Å². The quantitative estimate of drug-likeness (QED) is 0.535. The third kappa shape index (κ3) is 5.26. The molecule has 0 saturated carbocycles. The molecule has 0 aliphatic carbocycles. The standard InChI is InChI=1S/C24H30ClF2N5O4/c1-34-24-21(32-11-20(29-31-32)14-6-17(26)23(25)18(27)7-14)9-16(12-33)35-22(24)10-15-8-19(30-36-15)13-2-4-28-5-3-13/h6-7,11,13,15-16,21-22,24,28,33H,2-5,8-10,12H2,1H3/t15-,16-,21+,22-,24-/m1/s1. The first-order valence-corrected chi connectivity index (χ1v) is 12.6. The number of aliphatic hydroxyl groups is 1. The van der Waals surface area contributed by atoms with Crippen LogP contribution in [0.2, 0.25) is 5.02 Å². The lowest BCUT2D eigenvalue weighted by Crippen LogP contribution is -2.49. The van der Waals surface area contributed by atoms with Crippen LogP contribution in [0.4, 0.5) is 8.78 Å². The molecule has 196 valence electrons. The van der Waals surface area contributed by atoms with Crippen LogP contribution in [0.1, 0.15) is 38.1 Å². The number of ether oxygens (including phenoxy) is 2. The maximum absolute atomic E-state index is 14.0. The van der Waals surface area contributed by atoms with Crippen LogP contribution in [-0.2, 0) is 14.3 Å². The van der Waals surface area contributed by atoms with Crippen LogP contribution in [0, 0.1) is 17.6 Å². The zero-order valence-electron chi connectivity index (χ0n) is 19.9. The van der Waals surface area contributed by atoms with Crippen molar-refractivity contribution in [1.29, 1.82) is 0 Å². The molecule has 12 heteroatoms. The molecule has 0 radical (unpaired) electrons. The molecule has 0 spiro atoms. The zero-order valence-corrected chi connectivity index (χ0v) is 20.7. The molecule has 2 saturated heterocycles. The van der Waals surface area contributed by atoms with E-state index in [0.29, 0.717) is 24.5 Å². The number of piperidine rings is 1. The molecule has 0 bridgehead atoms. The van der Waals surface area contributed by atoms with Crippen molar-refractivity contribution in [2.24, 2.45) is 11.1 Å². The largest absolute Gasteiger partial charge is 0.394 e. The fraction of sp³-hybridized carbons (Fsp3) is 0.625. The number of hydrogen-bond acceptors (Lipinski definition) is 8. The molecule has 2 aromatic rings. The maximum Gasteiger partial charge on any atom is 0.145 e. The summed E-state index contributed by atoms with van der Waals surface area (Å²) >= 11 is 5.61. The van der Waals surface area contributed by atoms with Crippen molar-refractivity contribution >= 4 is 17.3 Å². The monoisotopic (exact) mass is 525 g/mol. The van der Waals surface area contributed by atoms with Gasteiger partial charge in [0.25, 0.3) is 0 Å². The molecule has 5 rings (SSSR count). The second-order valence-corrected chi connectivity index (χ2v) is 9.97. The lowest BCUT2D eigenvalue weighted by atomic mass is 9.87. The van der Waals surface area contributed by atoms with Gasteiger partial charge in [0.2, 0.25) is 0 Å². The van der Waals surface area contributed by atoms with Crippen LogP contribution in [0.3, 0.4) is 0 Å². The number of aromatic nitrogens is 3. The van der Waals surface area contributed by atoms with E-state index in [2.05, 4.69) is 20.8 Å². The van der Waals surface area contributed by atoms with Crippen molar-refractivity contribution in [3.8, 4) is 11.3 Å². The highest BCUT2D eigenvalue weighted by atomic mass is 35.5. The molecule has 3 aliphatic rings. The smallest absolute Gasteiger partial charge is 0.145 e. The number of hydrogen-bond donors (Lipinski definition) is 2. The third-order valence-corrected chi connectivity index (χ3v) is 7.65. The molecule has 9 nitrogen and oxygen atoms in total. The van der Waals surface area contributed by atoms with Crippen LogP contribution in [-0.4, -0.2) is 77.0 Å². The Labute approximate surface area is 212 Å². The van der Waals surface area contributed by atoms with Gasteiger partial charge in [-0.1, -0.05) is 22.0 Å². The first-order valence-electron chi connectivity index (χ1n) is 12.3. The van der Waals surface area contributed by atoms with Crippen molar-refractivity contribution in [3.05, 3.63) is 35.0 Å². The Bertz CT molecular complexity index is 1070. The first-order chi connectivity index (χ1) is 17.5. The molecule has 4 heterocycles. The molecule has 0 unspecified atom stereocenters. The minimum atomic E-state index is -0.870. The predicted octanol–water partition coefficient (Wildman–Crippen LogP) is 3.12. The summed E-state index contributed by atoms with van der Waals surface area (Å²) in [5, 5.41) is 25.4. The Morgan fingerprint density at radius 1 is 1.22 bits per heavy atom. The van der Waals surface area contributed by atoms with Gasteiger partial charge in [-0.3, -0.25) is 0 Å². The molecule has 3 aliphatic heterocycles. The van der Waals surface area contributed by atoms with E-state index in [-0.39, 0.29) is 30.4 Å². The Hall–Kier alpha value is -2.18. The summed E-state index contributed by atoms with van der Waals surface area (Å²) in [6, 6.07) is 1.92. The van der Waals surface area contributed by atoms with Gasteiger partial charge in [-0.05, 0) is 38.1 Å². The van der Waals surface area contributed by atoms with Crippen molar-refractivity contribution in [2.75, 3.05) is 26.8 Å². The Balaban J connectivity index is 1.31. The van der Waals surface area contributed by atoms with E-state index < -0.39 is 28.9 Å². The number of nitrogens with one attached hydrogen (secondary N) is 1. The second-order valence-electron chi connectivity index (χ2n) is 9.59. The van der Waals surface area contributed by atoms with E-state index >= 15 is 0 Å². The van der Waals surface area contributed by atoms with Crippen LogP contribution in [0.5, 0.6) is 0 Å². The normalized spacial score (nSPS) is 29.2. The van der Waals surface area contributed by atoms with Crippen molar-refractivity contribution < 1.29 is 28.2 Å². The van der Waals surface area contributed by atoms with Gasteiger partial charge in [0.15, 0.2) is 0 Å². The van der Waals surface area contributed by atoms with Crippen LogP contribution >= 0.6 is 11.6 Å². The summed E-state index contributed by atoms with van der Waals surface area (Å²) in [6.07, 6.45) is 4.08. The maximum atomic E-state index is 14.0. The number of halogens is 3. The van der Waals surface area contributed by atoms with E-state index in [1.165, 1.54) is 0 Å². The van der Waals surface area contributed by atoms with Crippen molar-refractivity contribution in [1.82, 2.24) is 20.3 Å². The van der Waals surface area contributed by atoms with E-state index in [1.807, 2.05) is 0 Å². The van der Waals surface area contributed by atoms with Gasteiger partial charge in [0.1, 0.15) is 34.6 Å². The van der Waals surface area contributed by atoms with E-state index in [4.69, 9.17) is 25.9 Å². The molecule has 2 fully saturated rings. The number of oxime groups is 1. The van der Waals surface area contributed by atoms with Gasteiger partial charge in [0.05, 0.1) is 36.8 Å². The average Bonchev–Trinajstić information content (AvgIpc) is 3.57. The summed E-state index contributed by atoms with van der Waals surface area (Å²) in [7, 11) is 1.60. The third-order valence-electron chi connectivity index (χ3n) is 7.28. The molecule has 5 atom stereocenters. The molecule has 1 aromatic heterocycles. The van der Waals surface area contributed by atoms with Crippen LogP contribution < -0.4 is 5.32 Å². The lowest BCUT2D eigenvalue weighted by Gasteiger charge is -2.41. The highest BCUT2D eigenvalue weighted by Crippen LogP contribution is 2.36. The second kappa shape index (κ2) is 11.1. The molecular weight excluding hydrogens is 496 g/mol. The molecule has 1 aromatic carbocycles. The average molecular weight is 526 g/mol.